The largest absolute Gasteiger partial charge is 0.478 e. The van der Waals surface area contributed by atoms with Crippen LogP contribution in [0.15, 0.2) is 18.2 Å². The number of carbonyl (C=O) groups is 1. The lowest BCUT2D eigenvalue weighted by molar-refractivity contribution is 0.0697. The maximum Gasteiger partial charge on any atom is 0.336 e. The Hall–Kier alpha value is -2.17. The van der Waals surface area contributed by atoms with E-state index in [0.717, 1.165) is 11.8 Å². The number of aromatic nitrogens is 2. The van der Waals surface area contributed by atoms with Gasteiger partial charge in [0.2, 0.25) is 0 Å². The normalized spacial score (nSPS) is 10.7. The molecule has 94 valence electrons. The maximum atomic E-state index is 13.3. The van der Waals surface area contributed by atoms with E-state index in [1.807, 2.05) is 6.92 Å². The molecule has 18 heavy (non-hydrogen) atoms. The molecule has 4 nitrogen and oxygen atoms in total. The van der Waals surface area contributed by atoms with Crippen molar-refractivity contribution in [1.82, 2.24) is 9.78 Å². The first-order valence-electron chi connectivity index (χ1n) is 5.45. The molecule has 0 fully saturated rings. The number of carboxylic acids is 1. The minimum atomic E-state index is -1.08. The average molecular weight is 248 g/mol. The van der Waals surface area contributed by atoms with Crippen LogP contribution in [0.2, 0.25) is 0 Å². The van der Waals surface area contributed by atoms with Gasteiger partial charge < -0.3 is 5.11 Å². The first kappa shape index (κ1) is 12.3. The molecule has 0 saturated heterocycles. The third-order valence-corrected chi connectivity index (χ3v) is 2.99. The highest BCUT2D eigenvalue weighted by atomic mass is 19.1. The minimum Gasteiger partial charge on any atom is -0.478 e. The summed E-state index contributed by atoms with van der Waals surface area (Å²) >= 11 is 0. The lowest BCUT2D eigenvalue weighted by atomic mass is 9.98. The summed E-state index contributed by atoms with van der Waals surface area (Å²) in [6, 6.07) is 3.66. The first-order chi connectivity index (χ1) is 8.41. The molecule has 0 bridgehead atoms. The summed E-state index contributed by atoms with van der Waals surface area (Å²) in [5.74, 6) is -1.54. The van der Waals surface area contributed by atoms with Gasteiger partial charge in [-0.3, -0.25) is 4.68 Å². The number of nitrogens with zero attached hydrogens (tertiary/aromatic N) is 2. The zero-order valence-electron chi connectivity index (χ0n) is 10.4. The number of benzene rings is 1. The van der Waals surface area contributed by atoms with Gasteiger partial charge in [-0.15, -0.1) is 0 Å². The maximum absolute atomic E-state index is 13.3. The van der Waals surface area contributed by atoms with Crippen molar-refractivity contribution in [2.45, 2.75) is 13.8 Å². The SMILES string of the molecule is Cc1nn(C)c(C)c1-c1cc(F)ccc1C(=O)O. The second-order valence-electron chi connectivity index (χ2n) is 4.16. The summed E-state index contributed by atoms with van der Waals surface area (Å²) in [6.45, 7) is 3.60. The zero-order valence-corrected chi connectivity index (χ0v) is 10.4. The predicted molar refractivity (Wildman–Crippen MR) is 65.0 cm³/mol. The van der Waals surface area contributed by atoms with Crippen LogP contribution in [-0.4, -0.2) is 20.9 Å². The Morgan fingerprint density at radius 1 is 1.39 bits per heavy atom. The molecule has 1 heterocycles. The van der Waals surface area contributed by atoms with Crippen molar-refractivity contribution in [3.63, 3.8) is 0 Å². The molecular formula is C13H13FN2O2. The second kappa shape index (κ2) is 4.25. The molecule has 1 aromatic carbocycles. The predicted octanol–water partition coefficient (Wildman–Crippen LogP) is 2.54. The van der Waals surface area contributed by atoms with Crippen LogP contribution in [0.5, 0.6) is 0 Å². The van der Waals surface area contributed by atoms with E-state index in [2.05, 4.69) is 5.10 Å². The molecule has 2 aromatic rings. The van der Waals surface area contributed by atoms with E-state index in [4.69, 9.17) is 5.11 Å². The van der Waals surface area contributed by atoms with Crippen LogP contribution in [-0.2, 0) is 7.05 Å². The van der Waals surface area contributed by atoms with Gasteiger partial charge in [0.25, 0.3) is 0 Å². The Kier molecular flexibility index (Phi) is 2.90. The number of rotatable bonds is 2. The van der Waals surface area contributed by atoms with E-state index in [-0.39, 0.29) is 5.56 Å². The number of hydrogen-bond donors (Lipinski definition) is 1. The van der Waals surface area contributed by atoms with Gasteiger partial charge >= 0.3 is 5.97 Å². The fourth-order valence-electron chi connectivity index (χ4n) is 2.07. The molecule has 0 unspecified atom stereocenters. The number of hydrogen-bond acceptors (Lipinski definition) is 2. The summed E-state index contributed by atoms with van der Waals surface area (Å²) in [5, 5.41) is 13.4. The number of carboxylic acid groups (broad SMARTS) is 1. The molecule has 5 heteroatoms. The fraction of sp³-hybridized carbons (Fsp3) is 0.231. The molecule has 0 atom stereocenters. The van der Waals surface area contributed by atoms with Crippen molar-refractivity contribution in [1.29, 1.82) is 0 Å². The standard InChI is InChI=1S/C13H13FN2O2/c1-7-12(8(2)16(3)15-7)11-6-9(14)4-5-10(11)13(17)18/h4-6H,1-3H3,(H,17,18). The highest BCUT2D eigenvalue weighted by molar-refractivity contribution is 5.96. The Labute approximate surface area is 104 Å². The van der Waals surface area contributed by atoms with Gasteiger partial charge in [-0.2, -0.15) is 5.10 Å². The van der Waals surface area contributed by atoms with Gasteiger partial charge in [-0.05, 0) is 32.0 Å². The van der Waals surface area contributed by atoms with Gasteiger partial charge in [-0.25, -0.2) is 9.18 Å². The van der Waals surface area contributed by atoms with Crippen molar-refractivity contribution < 1.29 is 14.3 Å². The summed E-state index contributed by atoms with van der Waals surface area (Å²) in [5.41, 5.74) is 2.61. The molecular weight excluding hydrogens is 235 g/mol. The van der Waals surface area contributed by atoms with Gasteiger partial charge in [0, 0.05) is 23.9 Å². The van der Waals surface area contributed by atoms with Crippen LogP contribution in [0.1, 0.15) is 21.7 Å². The molecule has 0 aliphatic rings. The van der Waals surface area contributed by atoms with Crippen molar-refractivity contribution in [3.05, 3.63) is 41.0 Å². The van der Waals surface area contributed by atoms with E-state index in [9.17, 15) is 9.18 Å². The average Bonchev–Trinajstić information content (AvgIpc) is 2.52. The van der Waals surface area contributed by atoms with Gasteiger partial charge in [0.15, 0.2) is 0 Å². The lowest BCUT2D eigenvalue weighted by Crippen LogP contribution is -2.01. The van der Waals surface area contributed by atoms with Crippen molar-refractivity contribution in [2.24, 2.45) is 7.05 Å². The Morgan fingerprint density at radius 3 is 2.56 bits per heavy atom. The molecule has 0 aliphatic heterocycles. The molecule has 0 radical (unpaired) electrons. The van der Waals surface area contributed by atoms with Crippen LogP contribution in [0, 0.1) is 19.7 Å². The third-order valence-electron chi connectivity index (χ3n) is 2.99. The van der Waals surface area contributed by atoms with E-state index in [1.165, 1.54) is 12.1 Å². The summed E-state index contributed by atoms with van der Waals surface area (Å²) in [4.78, 5) is 11.2. The number of aromatic carboxylic acids is 1. The Morgan fingerprint density at radius 2 is 2.06 bits per heavy atom. The van der Waals surface area contributed by atoms with E-state index in [1.54, 1.807) is 18.7 Å². The summed E-state index contributed by atoms with van der Waals surface area (Å²) < 4.78 is 15.0. The highest BCUT2D eigenvalue weighted by Gasteiger charge is 2.19. The zero-order chi connectivity index (χ0) is 13.4. The molecule has 0 spiro atoms. The van der Waals surface area contributed by atoms with Crippen LogP contribution >= 0.6 is 0 Å². The van der Waals surface area contributed by atoms with Crippen LogP contribution in [0.4, 0.5) is 4.39 Å². The second-order valence-corrected chi connectivity index (χ2v) is 4.16. The van der Waals surface area contributed by atoms with Crippen LogP contribution < -0.4 is 0 Å². The van der Waals surface area contributed by atoms with Gasteiger partial charge in [0.1, 0.15) is 5.82 Å². The van der Waals surface area contributed by atoms with Gasteiger partial charge in [0.05, 0.1) is 11.3 Å². The van der Waals surface area contributed by atoms with Crippen molar-refractivity contribution in [2.75, 3.05) is 0 Å². The lowest BCUT2D eigenvalue weighted by Gasteiger charge is -2.07. The molecule has 0 saturated carbocycles. The highest BCUT2D eigenvalue weighted by Crippen LogP contribution is 2.30. The van der Waals surface area contributed by atoms with Crippen molar-refractivity contribution >= 4 is 5.97 Å². The summed E-state index contributed by atoms with van der Waals surface area (Å²) in [6.07, 6.45) is 0. The monoisotopic (exact) mass is 248 g/mol. The summed E-state index contributed by atoms with van der Waals surface area (Å²) in [7, 11) is 1.77. The van der Waals surface area contributed by atoms with Crippen LogP contribution in [0.25, 0.3) is 11.1 Å². The molecule has 1 aromatic heterocycles. The molecule has 2 rings (SSSR count). The Bertz CT molecular complexity index is 632. The van der Waals surface area contributed by atoms with E-state index >= 15 is 0 Å². The first-order valence-corrected chi connectivity index (χ1v) is 5.45. The fourth-order valence-corrected chi connectivity index (χ4v) is 2.07. The Balaban J connectivity index is 2.77. The van der Waals surface area contributed by atoms with Crippen LogP contribution in [0.3, 0.4) is 0 Å². The van der Waals surface area contributed by atoms with Gasteiger partial charge in [-0.1, -0.05) is 0 Å². The van der Waals surface area contributed by atoms with E-state index < -0.39 is 11.8 Å². The smallest absolute Gasteiger partial charge is 0.336 e. The minimum absolute atomic E-state index is 0.0793. The van der Waals surface area contributed by atoms with Crippen molar-refractivity contribution in [3.8, 4) is 11.1 Å². The molecule has 1 N–H and O–H groups in total. The quantitative estimate of drug-likeness (QED) is 0.888. The third kappa shape index (κ3) is 1.88. The van der Waals surface area contributed by atoms with E-state index in [0.29, 0.717) is 16.8 Å². The number of halogens is 1. The number of aryl methyl sites for hydroxylation is 2. The molecule has 0 amide bonds. The topological polar surface area (TPSA) is 55.1 Å². The molecule has 0 aliphatic carbocycles.